The van der Waals surface area contributed by atoms with E-state index in [1.807, 2.05) is 13.0 Å². The summed E-state index contributed by atoms with van der Waals surface area (Å²) in [5.74, 6) is -0.808. The standard InChI is InChI=1S/C24H34O6/c1-16-13-20(25)30-19-14-17(10-11-18(16)19)9-7-8-12-29-22(27)24(4,5)15-23(2,3)21(26)28-6/h10-11,13-14,18-19H,7-9,12,15H2,1-6H3. The van der Waals surface area contributed by atoms with Gasteiger partial charge in [0.05, 0.1) is 24.5 Å². The summed E-state index contributed by atoms with van der Waals surface area (Å²) in [5.41, 5.74) is 0.612. The molecular weight excluding hydrogens is 384 g/mol. The van der Waals surface area contributed by atoms with Crippen LogP contribution in [0.25, 0.3) is 0 Å². The number of rotatable bonds is 9. The quantitative estimate of drug-likeness (QED) is 0.316. The molecule has 0 saturated heterocycles. The predicted molar refractivity (Wildman–Crippen MR) is 113 cm³/mol. The van der Waals surface area contributed by atoms with Crippen molar-refractivity contribution >= 4 is 17.9 Å². The van der Waals surface area contributed by atoms with E-state index in [0.717, 1.165) is 30.4 Å². The van der Waals surface area contributed by atoms with E-state index < -0.39 is 10.8 Å². The Morgan fingerprint density at radius 2 is 1.77 bits per heavy atom. The molecule has 2 atom stereocenters. The molecule has 0 aromatic carbocycles. The van der Waals surface area contributed by atoms with Crippen molar-refractivity contribution in [1.29, 1.82) is 0 Å². The van der Waals surface area contributed by atoms with Crippen LogP contribution in [0.1, 0.15) is 60.3 Å². The molecule has 0 spiro atoms. The molecular formula is C24H34O6. The van der Waals surface area contributed by atoms with Gasteiger partial charge < -0.3 is 14.2 Å². The Bertz CT molecular complexity index is 769. The Morgan fingerprint density at radius 3 is 2.43 bits per heavy atom. The average Bonchev–Trinajstić information content (AvgIpc) is 2.65. The topological polar surface area (TPSA) is 78.9 Å². The lowest BCUT2D eigenvalue weighted by atomic mass is 9.75. The van der Waals surface area contributed by atoms with Crippen molar-refractivity contribution in [3.8, 4) is 0 Å². The molecule has 0 aromatic rings. The maximum absolute atomic E-state index is 12.5. The van der Waals surface area contributed by atoms with E-state index >= 15 is 0 Å². The van der Waals surface area contributed by atoms with E-state index in [1.54, 1.807) is 33.8 Å². The van der Waals surface area contributed by atoms with Gasteiger partial charge in [0.15, 0.2) is 0 Å². The Labute approximate surface area is 179 Å². The Morgan fingerprint density at radius 1 is 1.10 bits per heavy atom. The second-order valence-corrected chi connectivity index (χ2v) is 9.45. The number of hydrogen-bond acceptors (Lipinski definition) is 6. The highest BCUT2D eigenvalue weighted by Gasteiger charge is 2.40. The summed E-state index contributed by atoms with van der Waals surface area (Å²) in [6.07, 6.45) is 10.3. The van der Waals surface area contributed by atoms with Crippen LogP contribution in [0.2, 0.25) is 0 Å². The first kappa shape index (κ1) is 23.9. The van der Waals surface area contributed by atoms with Gasteiger partial charge in [0.25, 0.3) is 0 Å². The summed E-state index contributed by atoms with van der Waals surface area (Å²) in [4.78, 5) is 36.0. The molecule has 0 bridgehead atoms. The molecule has 30 heavy (non-hydrogen) atoms. The van der Waals surface area contributed by atoms with E-state index in [0.29, 0.717) is 13.0 Å². The zero-order chi connectivity index (χ0) is 22.5. The summed E-state index contributed by atoms with van der Waals surface area (Å²) in [6.45, 7) is 9.39. The van der Waals surface area contributed by atoms with Gasteiger partial charge in [-0.25, -0.2) is 4.79 Å². The van der Waals surface area contributed by atoms with Gasteiger partial charge in [0, 0.05) is 12.0 Å². The maximum Gasteiger partial charge on any atom is 0.331 e. The molecule has 1 heterocycles. The van der Waals surface area contributed by atoms with Gasteiger partial charge in [-0.1, -0.05) is 17.7 Å². The first-order chi connectivity index (χ1) is 14.0. The van der Waals surface area contributed by atoms with Crippen LogP contribution in [0.4, 0.5) is 0 Å². The van der Waals surface area contributed by atoms with Gasteiger partial charge >= 0.3 is 17.9 Å². The summed E-state index contributed by atoms with van der Waals surface area (Å²) in [5, 5.41) is 0. The van der Waals surface area contributed by atoms with Crippen LogP contribution in [0, 0.1) is 16.7 Å². The third-order valence-electron chi connectivity index (χ3n) is 5.64. The lowest BCUT2D eigenvalue weighted by molar-refractivity contribution is -0.160. The van der Waals surface area contributed by atoms with E-state index in [9.17, 15) is 14.4 Å². The lowest BCUT2D eigenvalue weighted by Gasteiger charge is -2.31. The van der Waals surface area contributed by atoms with E-state index in [-0.39, 0.29) is 29.9 Å². The molecule has 1 aliphatic heterocycles. The number of hydrogen-bond donors (Lipinski definition) is 0. The minimum atomic E-state index is -0.780. The molecule has 2 rings (SSSR count). The van der Waals surface area contributed by atoms with Crippen LogP contribution in [0.15, 0.2) is 35.5 Å². The van der Waals surface area contributed by atoms with Gasteiger partial charge in [0.1, 0.15) is 6.10 Å². The number of ether oxygens (including phenoxy) is 3. The van der Waals surface area contributed by atoms with Crippen molar-refractivity contribution < 1.29 is 28.6 Å². The first-order valence-corrected chi connectivity index (χ1v) is 10.5. The summed E-state index contributed by atoms with van der Waals surface area (Å²) >= 11 is 0. The normalized spacial score (nSPS) is 21.2. The number of esters is 3. The molecule has 166 valence electrons. The monoisotopic (exact) mass is 418 g/mol. The summed E-state index contributed by atoms with van der Waals surface area (Å²) in [7, 11) is 1.35. The average molecular weight is 419 g/mol. The summed E-state index contributed by atoms with van der Waals surface area (Å²) < 4.78 is 15.7. The smallest absolute Gasteiger partial charge is 0.331 e. The molecule has 0 aromatic heterocycles. The molecule has 2 unspecified atom stereocenters. The molecule has 0 radical (unpaired) electrons. The Balaban J connectivity index is 1.75. The molecule has 6 nitrogen and oxygen atoms in total. The van der Waals surface area contributed by atoms with Gasteiger partial charge in [-0.3, -0.25) is 9.59 Å². The second-order valence-electron chi connectivity index (χ2n) is 9.45. The summed E-state index contributed by atoms with van der Waals surface area (Å²) in [6, 6.07) is 0. The molecule has 0 saturated carbocycles. The minimum Gasteiger partial charge on any atom is -0.469 e. The molecule has 1 aliphatic carbocycles. The van der Waals surface area contributed by atoms with Gasteiger partial charge in [0.2, 0.25) is 0 Å². The number of carbonyl (C=O) groups excluding carboxylic acids is 3. The highest BCUT2D eigenvalue weighted by atomic mass is 16.5. The van der Waals surface area contributed by atoms with Crippen LogP contribution < -0.4 is 0 Å². The predicted octanol–water partition coefficient (Wildman–Crippen LogP) is 4.30. The molecule has 0 amide bonds. The zero-order valence-corrected chi connectivity index (χ0v) is 18.9. The third kappa shape index (κ3) is 6.07. The van der Waals surface area contributed by atoms with E-state index in [4.69, 9.17) is 14.2 Å². The van der Waals surface area contributed by atoms with Crippen molar-refractivity contribution in [2.45, 2.75) is 66.4 Å². The van der Waals surface area contributed by atoms with Crippen LogP contribution in [0.5, 0.6) is 0 Å². The lowest BCUT2D eigenvalue weighted by Crippen LogP contribution is -2.36. The van der Waals surface area contributed by atoms with Crippen LogP contribution in [-0.4, -0.2) is 37.7 Å². The maximum atomic E-state index is 12.5. The fourth-order valence-electron chi connectivity index (χ4n) is 4.16. The van der Waals surface area contributed by atoms with Gasteiger partial charge in [-0.2, -0.15) is 0 Å². The molecule has 6 heteroatoms. The third-order valence-corrected chi connectivity index (χ3v) is 5.64. The Hall–Kier alpha value is -2.37. The number of methoxy groups -OCH3 is 1. The van der Waals surface area contributed by atoms with Crippen molar-refractivity contribution in [3.05, 3.63) is 35.5 Å². The van der Waals surface area contributed by atoms with Crippen molar-refractivity contribution in [2.24, 2.45) is 16.7 Å². The largest absolute Gasteiger partial charge is 0.469 e. The number of carbonyl (C=O) groups is 3. The van der Waals surface area contributed by atoms with E-state index in [1.165, 1.54) is 7.11 Å². The second kappa shape index (κ2) is 9.63. The molecule has 2 aliphatic rings. The van der Waals surface area contributed by atoms with Crippen LogP contribution in [-0.2, 0) is 28.6 Å². The molecule has 0 N–H and O–H groups in total. The van der Waals surface area contributed by atoms with Crippen LogP contribution in [0.3, 0.4) is 0 Å². The van der Waals surface area contributed by atoms with Crippen molar-refractivity contribution in [3.63, 3.8) is 0 Å². The SMILES string of the molecule is COC(=O)C(C)(C)CC(C)(C)C(=O)OCCCCC1=CC2OC(=O)C=C(C)C2C=C1. The fraction of sp³-hybridized carbons (Fsp3) is 0.625. The fourth-order valence-corrected chi connectivity index (χ4v) is 4.16. The minimum absolute atomic E-state index is 0.129. The first-order valence-electron chi connectivity index (χ1n) is 10.5. The van der Waals surface area contributed by atoms with Crippen molar-refractivity contribution in [2.75, 3.05) is 13.7 Å². The van der Waals surface area contributed by atoms with E-state index in [2.05, 4.69) is 12.2 Å². The number of fused-ring (bicyclic) bond motifs is 1. The van der Waals surface area contributed by atoms with Crippen molar-refractivity contribution in [1.82, 2.24) is 0 Å². The number of allylic oxidation sites excluding steroid dienone is 2. The highest BCUT2D eigenvalue weighted by Crippen LogP contribution is 2.36. The zero-order valence-electron chi connectivity index (χ0n) is 18.9. The highest BCUT2D eigenvalue weighted by molar-refractivity contribution is 5.84. The molecule has 0 fully saturated rings. The van der Waals surface area contributed by atoms with Gasteiger partial charge in [-0.05, 0) is 72.0 Å². The van der Waals surface area contributed by atoms with Gasteiger partial charge in [-0.15, -0.1) is 0 Å². The number of unbranched alkanes of at least 4 members (excludes halogenated alkanes) is 1. The van der Waals surface area contributed by atoms with Crippen LogP contribution >= 0.6 is 0 Å². The Kier molecular flexibility index (Phi) is 7.67.